The minimum Gasteiger partial charge on any atom is -0.490 e. The highest BCUT2D eigenvalue weighted by Crippen LogP contribution is 2.29. The van der Waals surface area contributed by atoms with Crippen molar-refractivity contribution < 1.29 is 28.2 Å². The van der Waals surface area contributed by atoms with Crippen molar-refractivity contribution >= 4 is 15.9 Å². The molecular weight excluding hydrogens is 516 g/mol. The molecule has 9 heteroatoms. The van der Waals surface area contributed by atoms with Crippen LogP contribution in [0.25, 0.3) is 11.1 Å². The first-order valence-electron chi connectivity index (χ1n) is 13.2. The van der Waals surface area contributed by atoms with E-state index in [-0.39, 0.29) is 30.4 Å². The van der Waals surface area contributed by atoms with Gasteiger partial charge in [0.2, 0.25) is 10.0 Å². The maximum absolute atomic E-state index is 12.7. The van der Waals surface area contributed by atoms with Gasteiger partial charge in [-0.1, -0.05) is 60.7 Å². The molecule has 0 aliphatic carbocycles. The Morgan fingerprint density at radius 3 is 2.31 bits per heavy atom. The van der Waals surface area contributed by atoms with Crippen LogP contribution in [0.4, 0.5) is 0 Å². The fourth-order valence-electron chi connectivity index (χ4n) is 4.06. The number of benzene rings is 3. The Balaban J connectivity index is 1.59. The number of nitrogens with one attached hydrogen (secondary N) is 2. The second-order valence-electron chi connectivity index (χ2n) is 9.64. The highest BCUT2D eigenvalue weighted by Gasteiger charge is 2.20. The van der Waals surface area contributed by atoms with Crippen LogP contribution in [0.1, 0.15) is 54.3 Å². The molecule has 3 aromatic carbocycles. The monoisotopic (exact) mass is 554 g/mol. The third-order valence-electron chi connectivity index (χ3n) is 6.04. The highest BCUT2D eigenvalue weighted by molar-refractivity contribution is 7.90. The van der Waals surface area contributed by atoms with Gasteiger partial charge < -0.3 is 20.3 Å². The Kier molecular flexibility index (Phi) is 11.5. The third-order valence-corrected chi connectivity index (χ3v) is 7.36. The largest absolute Gasteiger partial charge is 0.490 e. The molecule has 0 aliphatic heterocycles. The summed E-state index contributed by atoms with van der Waals surface area (Å²) >= 11 is 0. The van der Waals surface area contributed by atoms with Gasteiger partial charge in [-0.15, -0.1) is 0 Å². The van der Waals surface area contributed by atoms with Crippen LogP contribution >= 0.6 is 0 Å². The number of ether oxygens (including phenoxy) is 1. The molecule has 4 N–H and O–H groups in total. The predicted octanol–water partition coefficient (Wildman–Crippen LogP) is 3.84. The summed E-state index contributed by atoms with van der Waals surface area (Å²) in [5.41, 5.74) is 4.00. The molecule has 0 radical (unpaired) electrons. The topological polar surface area (TPSA) is 125 Å². The molecule has 1 amide bonds. The van der Waals surface area contributed by atoms with E-state index in [0.29, 0.717) is 12.3 Å². The van der Waals surface area contributed by atoms with Crippen molar-refractivity contribution in [3.05, 3.63) is 89.5 Å². The van der Waals surface area contributed by atoms with Gasteiger partial charge in [0.05, 0.1) is 23.5 Å². The number of carbonyl (C=O) groups is 1. The van der Waals surface area contributed by atoms with E-state index in [1.165, 1.54) is 5.56 Å². The van der Waals surface area contributed by atoms with E-state index in [1.807, 2.05) is 56.3 Å². The Morgan fingerprint density at radius 1 is 0.949 bits per heavy atom. The van der Waals surface area contributed by atoms with Gasteiger partial charge in [-0.25, -0.2) is 13.1 Å². The lowest BCUT2D eigenvalue weighted by Gasteiger charge is -2.16. The molecule has 0 saturated carbocycles. The molecular formula is C30H38N2O6S. The average molecular weight is 555 g/mol. The van der Waals surface area contributed by atoms with Crippen molar-refractivity contribution in [2.75, 3.05) is 25.4 Å². The van der Waals surface area contributed by atoms with Crippen molar-refractivity contribution in [2.24, 2.45) is 0 Å². The van der Waals surface area contributed by atoms with E-state index in [4.69, 9.17) is 9.84 Å². The van der Waals surface area contributed by atoms with Gasteiger partial charge in [-0.05, 0) is 74.0 Å². The van der Waals surface area contributed by atoms with Crippen LogP contribution in [0.3, 0.4) is 0 Å². The summed E-state index contributed by atoms with van der Waals surface area (Å²) in [4.78, 5) is 12.7. The Labute approximate surface area is 231 Å². The molecule has 0 aromatic heterocycles. The van der Waals surface area contributed by atoms with Crippen molar-refractivity contribution in [1.29, 1.82) is 0 Å². The van der Waals surface area contributed by atoms with E-state index >= 15 is 0 Å². The standard InChI is InChI=1S/C30H38N2O6S/c1-22(2)38-29-20-26(15-16-27(29)30(35)32-39(36,37)19-7-18-33)24-13-11-23(12-14-24)8-6-17-31-21-28(34)25-9-4-3-5-10-25/h3-5,9-16,20,22,28,31,33-34H,6-8,17-19,21H2,1-2H3,(H,32,35)/t28-/m1/s1. The van der Waals surface area contributed by atoms with Crippen LogP contribution in [-0.4, -0.2) is 56.1 Å². The van der Waals surface area contributed by atoms with Crippen molar-refractivity contribution in [2.45, 2.75) is 45.3 Å². The van der Waals surface area contributed by atoms with E-state index in [9.17, 15) is 18.3 Å². The number of carbonyl (C=O) groups excluding carboxylic acids is 1. The van der Waals surface area contributed by atoms with Crippen LogP contribution < -0.4 is 14.8 Å². The average Bonchev–Trinajstić information content (AvgIpc) is 2.92. The Bertz CT molecular complexity index is 1290. The van der Waals surface area contributed by atoms with Gasteiger partial charge in [-0.3, -0.25) is 4.79 Å². The number of sulfonamides is 1. The van der Waals surface area contributed by atoms with E-state index < -0.39 is 22.0 Å². The van der Waals surface area contributed by atoms with E-state index in [2.05, 4.69) is 22.2 Å². The number of aryl methyl sites for hydroxylation is 1. The summed E-state index contributed by atoms with van der Waals surface area (Å²) < 4.78 is 32.2. The molecule has 0 fully saturated rings. The maximum Gasteiger partial charge on any atom is 0.268 e. The number of aliphatic hydroxyl groups is 2. The number of rotatable bonds is 15. The summed E-state index contributed by atoms with van der Waals surface area (Å²) in [6, 6.07) is 22.8. The maximum atomic E-state index is 12.7. The normalized spacial score (nSPS) is 12.3. The van der Waals surface area contributed by atoms with E-state index in [1.54, 1.807) is 18.2 Å². The number of aliphatic hydroxyl groups excluding tert-OH is 2. The molecule has 0 bridgehead atoms. The van der Waals surface area contributed by atoms with Crippen LogP contribution in [0.2, 0.25) is 0 Å². The molecule has 8 nitrogen and oxygen atoms in total. The quantitative estimate of drug-likeness (QED) is 0.210. The second-order valence-corrected chi connectivity index (χ2v) is 11.5. The fourth-order valence-corrected chi connectivity index (χ4v) is 5.06. The minimum absolute atomic E-state index is 0.0425. The van der Waals surface area contributed by atoms with Crippen molar-refractivity contribution in [3.63, 3.8) is 0 Å². The molecule has 0 aliphatic rings. The summed E-state index contributed by atoms with van der Waals surface area (Å²) in [6.45, 7) is 4.68. The van der Waals surface area contributed by atoms with Crippen molar-refractivity contribution in [1.82, 2.24) is 10.0 Å². The number of hydrogen-bond donors (Lipinski definition) is 4. The van der Waals surface area contributed by atoms with E-state index in [0.717, 1.165) is 36.1 Å². The van der Waals surface area contributed by atoms with Gasteiger partial charge in [0.25, 0.3) is 5.91 Å². The molecule has 0 unspecified atom stereocenters. The first-order valence-corrected chi connectivity index (χ1v) is 14.8. The number of hydrogen-bond acceptors (Lipinski definition) is 7. The fraction of sp³-hybridized carbons (Fsp3) is 0.367. The minimum atomic E-state index is -3.86. The van der Waals surface area contributed by atoms with Gasteiger partial charge in [0.1, 0.15) is 5.75 Å². The van der Waals surface area contributed by atoms with Crippen LogP contribution in [-0.2, 0) is 16.4 Å². The summed E-state index contributed by atoms with van der Waals surface area (Å²) in [5, 5.41) is 22.4. The summed E-state index contributed by atoms with van der Waals surface area (Å²) in [7, 11) is -3.86. The molecule has 3 aromatic rings. The predicted molar refractivity (Wildman–Crippen MR) is 153 cm³/mol. The van der Waals surface area contributed by atoms with Gasteiger partial charge in [0.15, 0.2) is 0 Å². The van der Waals surface area contributed by atoms with Gasteiger partial charge in [0, 0.05) is 13.2 Å². The molecule has 0 heterocycles. The zero-order valence-corrected chi connectivity index (χ0v) is 23.3. The molecule has 0 spiro atoms. The molecule has 1 atom stereocenters. The highest BCUT2D eigenvalue weighted by atomic mass is 32.2. The first-order chi connectivity index (χ1) is 18.7. The Morgan fingerprint density at radius 2 is 1.64 bits per heavy atom. The van der Waals surface area contributed by atoms with Gasteiger partial charge >= 0.3 is 0 Å². The smallest absolute Gasteiger partial charge is 0.268 e. The first kappa shape index (κ1) is 30.3. The number of amides is 1. The van der Waals surface area contributed by atoms with Crippen LogP contribution in [0, 0.1) is 0 Å². The summed E-state index contributed by atoms with van der Waals surface area (Å²) in [5.74, 6) is -0.813. The van der Waals surface area contributed by atoms with Crippen LogP contribution in [0.5, 0.6) is 5.75 Å². The van der Waals surface area contributed by atoms with Crippen LogP contribution in [0.15, 0.2) is 72.8 Å². The zero-order valence-electron chi connectivity index (χ0n) is 22.5. The second kappa shape index (κ2) is 14.8. The third kappa shape index (κ3) is 9.78. The molecule has 3 rings (SSSR count). The molecule has 0 saturated heterocycles. The Hall–Kier alpha value is -3.24. The lowest BCUT2D eigenvalue weighted by Crippen LogP contribution is -2.33. The summed E-state index contributed by atoms with van der Waals surface area (Å²) in [6.07, 6.45) is 1.12. The van der Waals surface area contributed by atoms with Crippen molar-refractivity contribution in [3.8, 4) is 16.9 Å². The lowest BCUT2D eigenvalue weighted by molar-refractivity contribution is 0.0975. The molecule has 210 valence electrons. The molecule has 39 heavy (non-hydrogen) atoms. The SMILES string of the molecule is CC(C)Oc1cc(-c2ccc(CCCNC[C@@H](O)c3ccccc3)cc2)ccc1C(=O)NS(=O)(=O)CCCO. The zero-order chi connectivity index (χ0) is 28.3. The van der Waals surface area contributed by atoms with Gasteiger partial charge in [-0.2, -0.15) is 0 Å². The lowest BCUT2D eigenvalue weighted by atomic mass is 10.00.